The van der Waals surface area contributed by atoms with E-state index < -0.39 is 8.32 Å². The topological polar surface area (TPSA) is 78.9 Å². The van der Waals surface area contributed by atoms with Gasteiger partial charge in [0.1, 0.15) is 28.5 Å². The van der Waals surface area contributed by atoms with Crippen molar-refractivity contribution in [2.24, 2.45) is 0 Å². The van der Waals surface area contributed by atoms with Crippen LogP contribution in [0.4, 0.5) is 5.82 Å². The number of hydrogen-bond donors (Lipinski definition) is 1. The highest BCUT2D eigenvalue weighted by Crippen LogP contribution is 2.41. The van der Waals surface area contributed by atoms with E-state index in [1.54, 1.807) is 12.3 Å². The van der Waals surface area contributed by atoms with Gasteiger partial charge in [-0.25, -0.2) is 15.0 Å². The first-order valence-corrected chi connectivity index (χ1v) is 12.9. The summed E-state index contributed by atoms with van der Waals surface area (Å²) in [5.74, 6) is 1.06. The Hall–Kier alpha value is -2.22. The molecular formula is C21H28ClN5OSi. The predicted molar refractivity (Wildman–Crippen MR) is 122 cm³/mol. The highest BCUT2D eigenvalue weighted by Gasteiger charge is 2.40. The molecule has 0 saturated heterocycles. The Balaban J connectivity index is 2.26. The number of nitrogens with zero attached hydrogens (tertiary/aromatic N) is 4. The number of anilines is 1. The molecule has 3 aromatic rings. The smallest absolute Gasteiger partial charge is 0.194 e. The summed E-state index contributed by atoms with van der Waals surface area (Å²) < 4.78 is 8.77. The average molecular weight is 430 g/mol. The van der Waals surface area contributed by atoms with Crippen LogP contribution in [-0.4, -0.2) is 27.8 Å². The van der Waals surface area contributed by atoms with Gasteiger partial charge in [-0.05, 0) is 42.4 Å². The van der Waals surface area contributed by atoms with Crippen molar-refractivity contribution in [2.75, 3.05) is 5.73 Å². The molecule has 0 spiro atoms. The van der Waals surface area contributed by atoms with E-state index >= 15 is 0 Å². The SMILES string of the molecule is C=CCC(O[Si](C)(C)C(C)(C)C)n1c(-c2cccnc2N)nc2ccc(Cl)nc21. The van der Waals surface area contributed by atoms with Crippen LogP contribution < -0.4 is 5.73 Å². The molecule has 6 nitrogen and oxygen atoms in total. The monoisotopic (exact) mass is 429 g/mol. The van der Waals surface area contributed by atoms with Gasteiger partial charge in [0.2, 0.25) is 0 Å². The van der Waals surface area contributed by atoms with E-state index in [1.165, 1.54) is 0 Å². The van der Waals surface area contributed by atoms with Gasteiger partial charge >= 0.3 is 0 Å². The van der Waals surface area contributed by atoms with Crippen LogP contribution in [0.25, 0.3) is 22.6 Å². The highest BCUT2D eigenvalue weighted by atomic mass is 35.5. The number of aromatic nitrogens is 4. The Morgan fingerprint density at radius 2 is 2.00 bits per heavy atom. The molecule has 0 aliphatic carbocycles. The molecule has 2 N–H and O–H groups in total. The Morgan fingerprint density at radius 3 is 2.62 bits per heavy atom. The first-order chi connectivity index (χ1) is 13.5. The molecule has 1 atom stereocenters. The average Bonchev–Trinajstić information content (AvgIpc) is 2.99. The zero-order valence-corrected chi connectivity index (χ0v) is 19.4. The third kappa shape index (κ3) is 4.22. The Labute approximate surface area is 177 Å². The summed E-state index contributed by atoms with van der Waals surface area (Å²) in [5, 5.41) is 0.440. The largest absolute Gasteiger partial charge is 0.396 e. The molecule has 0 aliphatic rings. The lowest BCUT2D eigenvalue weighted by molar-refractivity contribution is 0.122. The zero-order valence-electron chi connectivity index (χ0n) is 17.6. The normalized spacial score (nSPS) is 13.6. The highest BCUT2D eigenvalue weighted by molar-refractivity contribution is 6.74. The Morgan fingerprint density at radius 1 is 1.28 bits per heavy atom. The predicted octanol–water partition coefficient (Wildman–Crippen LogP) is 5.83. The number of rotatable bonds is 6. The van der Waals surface area contributed by atoms with Crippen molar-refractivity contribution in [3.8, 4) is 11.4 Å². The van der Waals surface area contributed by atoms with Crippen molar-refractivity contribution >= 4 is 36.9 Å². The summed E-state index contributed by atoms with van der Waals surface area (Å²) in [6, 6.07) is 7.33. The van der Waals surface area contributed by atoms with Crippen LogP contribution in [0.2, 0.25) is 23.3 Å². The second-order valence-electron chi connectivity index (χ2n) is 8.58. The number of nitrogens with two attached hydrogens (primary N) is 1. The first kappa shape index (κ1) is 21.5. The number of fused-ring (bicyclic) bond motifs is 1. The summed E-state index contributed by atoms with van der Waals surface area (Å²) in [4.78, 5) is 13.6. The van der Waals surface area contributed by atoms with Gasteiger partial charge in [-0.1, -0.05) is 38.4 Å². The van der Waals surface area contributed by atoms with Crippen molar-refractivity contribution in [2.45, 2.75) is 51.6 Å². The summed E-state index contributed by atoms with van der Waals surface area (Å²) in [7, 11) is -2.10. The van der Waals surface area contributed by atoms with Crippen molar-refractivity contribution in [1.82, 2.24) is 19.5 Å². The minimum Gasteiger partial charge on any atom is -0.396 e. The van der Waals surface area contributed by atoms with Crippen LogP contribution in [-0.2, 0) is 4.43 Å². The van der Waals surface area contributed by atoms with Gasteiger partial charge in [0.25, 0.3) is 0 Å². The fraction of sp³-hybridized carbons (Fsp3) is 0.381. The van der Waals surface area contributed by atoms with Gasteiger partial charge in [-0.3, -0.25) is 4.57 Å². The molecule has 154 valence electrons. The minimum absolute atomic E-state index is 0.0430. The molecule has 29 heavy (non-hydrogen) atoms. The van der Waals surface area contributed by atoms with Gasteiger partial charge in [0.05, 0.1) is 5.56 Å². The fourth-order valence-corrected chi connectivity index (χ4v) is 4.26. The van der Waals surface area contributed by atoms with E-state index in [0.717, 1.165) is 11.1 Å². The summed E-state index contributed by atoms with van der Waals surface area (Å²) in [6.07, 6.45) is 3.78. The number of nitrogen functional groups attached to an aromatic ring is 1. The molecule has 0 aromatic carbocycles. The number of hydrogen-bond acceptors (Lipinski definition) is 5. The lowest BCUT2D eigenvalue weighted by Gasteiger charge is -2.39. The van der Waals surface area contributed by atoms with Gasteiger partial charge in [-0.2, -0.15) is 0 Å². The quantitative estimate of drug-likeness (QED) is 0.303. The molecule has 3 aromatic heterocycles. The maximum Gasteiger partial charge on any atom is 0.194 e. The van der Waals surface area contributed by atoms with Crippen LogP contribution in [0.3, 0.4) is 0 Å². The van der Waals surface area contributed by atoms with Crippen LogP contribution in [0.1, 0.15) is 33.4 Å². The van der Waals surface area contributed by atoms with E-state index in [9.17, 15) is 0 Å². The molecule has 0 amide bonds. The van der Waals surface area contributed by atoms with E-state index in [0.29, 0.717) is 28.9 Å². The van der Waals surface area contributed by atoms with E-state index in [2.05, 4.69) is 50.4 Å². The third-order valence-corrected chi connectivity index (χ3v) is 10.2. The maximum absolute atomic E-state index is 6.78. The molecule has 3 rings (SSSR count). The minimum atomic E-state index is -2.10. The molecule has 1 unspecified atom stereocenters. The van der Waals surface area contributed by atoms with E-state index in [4.69, 9.17) is 26.7 Å². The second kappa shape index (κ2) is 7.89. The number of pyridine rings is 2. The fourth-order valence-electron chi connectivity index (χ4n) is 2.89. The Kier molecular flexibility index (Phi) is 5.85. The van der Waals surface area contributed by atoms with Gasteiger partial charge in [0, 0.05) is 12.6 Å². The lowest BCUT2D eigenvalue weighted by Crippen LogP contribution is -2.42. The standard InChI is InChI=1S/C21H28ClN5OSi/c1-7-9-17(28-29(5,6)21(2,3)4)27-19(14-10-8-13-24-18(14)23)25-15-11-12-16(22)26-20(15)27/h7-8,10-13,17H,1,9H2,2-6H3,(H2,23,24). The van der Waals surface area contributed by atoms with Crippen LogP contribution >= 0.6 is 11.6 Å². The van der Waals surface area contributed by atoms with Crippen molar-refractivity contribution in [1.29, 1.82) is 0 Å². The van der Waals surface area contributed by atoms with Crippen LogP contribution in [0, 0.1) is 0 Å². The van der Waals surface area contributed by atoms with Crippen molar-refractivity contribution < 1.29 is 4.43 Å². The van der Waals surface area contributed by atoms with E-state index in [1.807, 2.05) is 28.8 Å². The van der Waals surface area contributed by atoms with Crippen molar-refractivity contribution in [3.63, 3.8) is 0 Å². The summed E-state index contributed by atoms with van der Waals surface area (Å²) in [6.45, 7) is 15.0. The van der Waals surface area contributed by atoms with Gasteiger partial charge in [-0.15, -0.1) is 6.58 Å². The molecular weight excluding hydrogens is 402 g/mol. The second-order valence-corrected chi connectivity index (χ2v) is 13.7. The molecule has 3 heterocycles. The van der Waals surface area contributed by atoms with Crippen molar-refractivity contribution in [3.05, 3.63) is 48.3 Å². The lowest BCUT2D eigenvalue weighted by atomic mass is 10.2. The summed E-state index contributed by atoms with van der Waals surface area (Å²) in [5.41, 5.74) is 8.29. The van der Waals surface area contributed by atoms with Crippen LogP contribution in [0.15, 0.2) is 43.1 Å². The third-order valence-electron chi connectivity index (χ3n) is 5.48. The molecule has 8 heteroatoms. The molecule has 0 saturated carbocycles. The van der Waals surface area contributed by atoms with Gasteiger partial charge in [0.15, 0.2) is 14.0 Å². The molecule has 0 bridgehead atoms. The number of imidazole rings is 1. The molecule has 0 fully saturated rings. The Bertz CT molecular complexity index is 1040. The summed E-state index contributed by atoms with van der Waals surface area (Å²) >= 11 is 6.22. The molecule has 0 radical (unpaired) electrons. The molecule has 0 aliphatic heterocycles. The zero-order chi connectivity index (χ0) is 21.4. The van der Waals surface area contributed by atoms with Crippen LogP contribution in [0.5, 0.6) is 0 Å². The maximum atomic E-state index is 6.78. The first-order valence-electron chi connectivity index (χ1n) is 9.59. The van der Waals surface area contributed by atoms with E-state index in [-0.39, 0.29) is 11.3 Å². The number of halogens is 1. The van der Waals surface area contributed by atoms with Gasteiger partial charge < -0.3 is 10.2 Å².